The third-order valence-electron chi connectivity index (χ3n) is 26.0. The maximum absolute atomic E-state index is 9.87. The van der Waals surface area contributed by atoms with Crippen molar-refractivity contribution in [3.63, 3.8) is 0 Å². The highest BCUT2D eigenvalue weighted by Gasteiger charge is 2.88. The minimum Gasteiger partial charge on any atom is -0.381 e. The van der Waals surface area contributed by atoms with Crippen LogP contribution in [-0.4, -0.2) is 87.5 Å². The fourth-order valence-electron chi connectivity index (χ4n) is 24.0. The highest BCUT2D eigenvalue weighted by Crippen LogP contribution is 2.89. The fraction of sp³-hybridized carbons (Fsp3) is 1.00. The van der Waals surface area contributed by atoms with E-state index in [1.54, 1.807) is 0 Å². The predicted octanol–water partition coefficient (Wildman–Crippen LogP) is 19.4. The summed E-state index contributed by atoms with van der Waals surface area (Å²) >= 11 is 0. The van der Waals surface area contributed by atoms with Gasteiger partial charge in [-0.3, -0.25) is 0 Å². The molecule has 0 aromatic heterocycles. The summed E-state index contributed by atoms with van der Waals surface area (Å²) in [6, 6.07) is 0. The first-order valence-electron chi connectivity index (χ1n) is 36.5. The van der Waals surface area contributed by atoms with Gasteiger partial charge in [-0.25, -0.2) is 0 Å². The van der Waals surface area contributed by atoms with E-state index in [-0.39, 0.29) is 63.2 Å². The molecule has 7 nitrogen and oxygen atoms in total. The zero-order chi connectivity index (χ0) is 57.1. The van der Waals surface area contributed by atoms with Crippen molar-refractivity contribution in [2.45, 2.75) is 361 Å². The Bertz CT molecular complexity index is 1920. The van der Waals surface area contributed by atoms with Crippen molar-refractivity contribution >= 4 is 0 Å². The first kappa shape index (κ1) is 63.7. The normalized spacial score (nSPS) is 43.4. The molecule has 468 valence electrons. The Morgan fingerprint density at radius 2 is 1.07 bits per heavy atom. The summed E-state index contributed by atoms with van der Waals surface area (Å²) in [6.07, 6.45) is 49.2. The SMILES string of the molecule is CCCCOC1CCCC(C2CCC(C3(C4CC4)CCCC(OCC)C3)(C3(C4CCCC4OC(C)(C)C)CCCC(OC)C3)C(OCC(C)C)(C3(C4CCC4)CCCC(OCCC)C3)C2(C2CCCC2)C2CCCC(OC(C)C)C2)C1. The quantitative estimate of drug-likeness (QED) is 0.0844. The Kier molecular flexibility index (Phi) is 21.4. The maximum atomic E-state index is 9.87. The monoisotopic (exact) mass is 1130 g/mol. The Morgan fingerprint density at radius 1 is 0.481 bits per heavy atom. The molecular weight excluding hydrogens is 1000 g/mol. The molecular formula is C74H130O7. The summed E-state index contributed by atoms with van der Waals surface area (Å²) in [7, 11) is 2.13. The lowest BCUT2D eigenvalue weighted by Gasteiger charge is -2.85. The maximum Gasteiger partial charge on any atom is 0.0872 e. The van der Waals surface area contributed by atoms with Crippen molar-refractivity contribution in [1.82, 2.24) is 0 Å². The lowest BCUT2D eigenvalue weighted by Crippen LogP contribution is -2.86. The van der Waals surface area contributed by atoms with Crippen molar-refractivity contribution in [3.8, 4) is 0 Å². The van der Waals surface area contributed by atoms with E-state index in [0.717, 1.165) is 32.8 Å². The zero-order valence-corrected chi connectivity index (χ0v) is 55.0. The van der Waals surface area contributed by atoms with Gasteiger partial charge in [-0.15, -0.1) is 0 Å². The smallest absolute Gasteiger partial charge is 0.0872 e. The Labute approximate surface area is 499 Å². The van der Waals surface area contributed by atoms with Crippen LogP contribution in [0.1, 0.15) is 307 Å². The molecule has 81 heavy (non-hydrogen) atoms. The predicted molar refractivity (Wildman–Crippen MR) is 333 cm³/mol. The largest absolute Gasteiger partial charge is 0.381 e. The molecule has 0 spiro atoms. The van der Waals surface area contributed by atoms with Gasteiger partial charge in [0.2, 0.25) is 0 Å². The van der Waals surface area contributed by atoms with Crippen molar-refractivity contribution < 1.29 is 33.2 Å². The number of unbranched alkanes of at least 4 members (excludes halogenated alkanes) is 1. The van der Waals surface area contributed by atoms with Gasteiger partial charge in [-0.05, 0) is 273 Å². The number of hydrogen-bond acceptors (Lipinski definition) is 7. The van der Waals surface area contributed by atoms with Crippen molar-refractivity contribution in [3.05, 3.63) is 0 Å². The van der Waals surface area contributed by atoms with Crippen LogP contribution in [0.5, 0.6) is 0 Å². The minimum absolute atomic E-state index is 0.0518. The van der Waals surface area contributed by atoms with Crippen LogP contribution in [0.25, 0.3) is 0 Å². The van der Waals surface area contributed by atoms with Crippen molar-refractivity contribution in [1.29, 1.82) is 0 Å². The topological polar surface area (TPSA) is 64.6 Å². The average Bonchev–Trinajstić information content (AvgIpc) is 3.51. The van der Waals surface area contributed by atoms with Crippen LogP contribution >= 0.6 is 0 Å². The van der Waals surface area contributed by atoms with E-state index in [0.29, 0.717) is 59.6 Å². The molecule has 0 N–H and O–H groups in total. The molecule has 16 atom stereocenters. The van der Waals surface area contributed by atoms with Crippen LogP contribution < -0.4 is 0 Å². The molecule has 16 unspecified atom stereocenters. The molecule has 10 aliphatic carbocycles. The standard InChI is InChI=1S/C74H130O7/c1-12-15-46-78-60-31-18-25-55(47-60)65-40-44-72(69(57-38-39-57)41-23-34-63(50-69)76-14-3,71(43-22-33-62(49-71)75-11)66-36-21-37-67(66)81-68(8,9)10)74(79-52-53(4)5,70(56-28-19-29-56)42-24-35-64(51-70)77-45-13-2)73(65,58-26-16-17-27-58)59-30-20-32-61(48-59)80-54(6)7/h53-67H,12-52H2,1-11H3. The van der Waals surface area contributed by atoms with Crippen LogP contribution in [0.2, 0.25) is 0 Å². The van der Waals surface area contributed by atoms with E-state index in [9.17, 15) is 4.74 Å². The Hall–Kier alpha value is -0.280. The highest BCUT2D eigenvalue weighted by molar-refractivity contribution is 5.37. The second-order valence-corrected chi connectivity index (χ2v) is 32.2. The van der Waals surface area contributed by atoms with Crippen LogP contribution in [0.3, 0.4) is 0 Å². The Morgan fingerprint density at radius 3 is 1.73 bits per heavy atom. The van der Waals surface area contributed by atoms with E-state index >= 15 is 0 Å². The molecule has 7 heteroatoms. The Balaban J connectivity index is 1.42. The highest BCUT2D eigenvalue weighted by atomic mass is 16.5. The molecule has 0 aromatic rings. The second-order valence-electron chi connectivity index (χ2n) is 32.2. The first-order chi connectivity index (χ1) is 39.1. The van der Waals surface area contributed by atoms with Crippen molar-refractivity contribution in [2.24, 2.45) is 74.4 Å². The molecule has 0 aliphatic heterocycles. The van der Waals surface area contributed by atoms with E-state index in [1.165, 1.54) is 231 Å². The molecule has 10 saturated carbocycles. The van der Waals surface area contributed by atoms with Crippen molar-refractivity contribution in [2.75, 3.05) is 33.5 Å². The fourth-order valence-corrected chi connectivity index (χ4v) is 24.0. The summed E-state index contributed by atoms with van der Waals surface area (Å²) in [4.78, 5) is 0. The summed E-state index contributed by atoms with van der Waals surface area (Å²) in [5, 5.41) is 0. The van der Waals surface area contributed by atoms with Gasteiger partial charge in [-0.1, -0.05) is 91.9 Å². The van der Waals surface area contributed by atoms with Crippen LogP contribution in [0.15, 0.2) is 0 Å². The molecule has 0 radical (unpaired) electrons. The molecule has 0 heterocycles. The van der Waals surface area contributed by atoms with Gasteiger partial charge < -0.3 is 33.2 Å². The lowest BCUT2D eigenvalue weighted by molar-refractivity contribution is -0.429. The van der Waals surface area contributed by atoms with Gasteiger partial charge in [0.25, 0.3) is 0 Å². The molecule has 10 rings (SSSR count). The van der Waals surface area contributed by atoms with Gasteiger partial charge in [0.15, 0.2) is 0 Å². The third kappa shape index (κ3) is 11.8. The molecule has 10 fully saturated rings. The summed E-state index contributed by atoms with van der Waals surface area (Å²) in [6.45, 7) is 27.5. The lowest BCUT2D eigenvalue weighted by atomic mass is 9.21. The first-order valence-corrected chi connectivity index (χ1v) is 36.5. The zero-order valence-electron chi connectivity index (χ0n) is 55.0. The molecule has 10 aliphatic rings. The van der Waals surface area contributed by atoms with Crippen LogP contribution in [-0.2, 0) is 33.2 Å². The molecule has 0 saturated heterocycles. The molecule has 0 aromatic carbocycles. The average molecular weight is 1130 g/mol. The number of hydrogen-bond donors (Lipinski definition) is 0. The number of methoxy groups -OCH3 is 1. The molecule has 0 bridgehead atoms. The van der Waals surface area contributed by atoms with E-state index < -0.39 is 5.60 Å². The van der Waals surface area contributed by atoms with Gasteiger partial charge >= 0.3 is 0 Å². The molecule has 0 amide bonds. The summed E-state index contributed by atoms with van der Waals surface area (Å²) in [5.41, 5.74) is -0.953. The summed E-state index contributed by atoms with van der Waals surface area (Å²) < 4.78 is 54.4. The van der Waals surface area contributed by atoms with Gasteiger partial charge in [0, 0.05) is 49.8 Å². The van der Waals surface area contributed by atoms with E-state index in [1.807, 2.05) is 0 Å². The van der Waals surface area contributed by atoms with E-state index in [4.69, 9.17) is 28.4 Å². The minimum atomic E-state index is -0.434. The third-order valence-corrected chi connectivity index (χ3v) is 26.0. The van der Waals surface area contributed by atoms with Crippen LogP contribution in [0, 0.1) is 74.4 Å². The van der Waals surface area contributed by atoms with Gasteiger partial charge in [0.1, 0.15) is 0 Å². The van der Waals surface area contributed by atoms with Crippen LogP contribution in [0.4, 0.5) is 0 Å². The number of rotatable bonds is 25. The van der Waals surface area contributed by atoms with Gasteiger partial charge in [-0.2, -0.15) is 0 Å². The number of ether oxygens (including phenoxy) is 7. The van der Waals surface area contributed by atoms with E-state index in [2.05, 4.69) is 76.3 Å². The second kappa shape index (κ2) is 27.2. The summed E-state index contributed by atoms with van der Waals surface area (Å²) in [5.74, 6) is 4.52. The van der Waals surface area contributed by atoms with Gasteiger partial charge in [0.05, 0.1) is 53.9 Å².